The first-order valence-electron chi connectivity index (χ1n) is 7.35. The van der Waals surface area contributed by atoms with Crippen molar-refractivity contribution in [3.63, 3.8) is 0 Å². The minimum atomic E-state index is -3.58. The average Bonchev–Trinajstić information content (AvgIpc) is 2.94. The summed E-state index contributed by atoms with van der Waals surface area (Å²) in [4.78, 5) is 0.294. The molecule has 0 radical (unpaired) electrons. The number of rotatable bonds is 4. The van der Waals surface area contributed by atoms with Crippen LogP contribution < -0.4 is 4.72 Å². The summed E-state index contributed by atoms with van der Waals surface area (Å²) >= 11 is 0. The van der Waals surface area contributed by atoms with E-state index in [2.05, 4.69) is 4.72 Å². The summed E-state index contributed by atoms with van der Waals surface area (Å²) < 4.78 is 40.6. The number of fused-ring (bicyclic) bond motifs is 1. The molecule has 0 spiro atoms. The molecule has 0 saturated carbocycles. The van der Waals surface area contributed by atoms with E-state index in [1.807, 2.05) is 6.07 Å². The normalized spacial score (nSPS) is 15.5. The molecule has 2 aromatic carbocycles. The van der Waals surface area contributed by atoms with Gasteiger partial charge in [-0.2, -0.15) is 0 Å². The highest BCUT2D eigenvalue weighted by atomic mass is 32.2. The zero-order valence-electron chi connectivity index (χ0n) is 12.3. The van der Waals surface area contributed by atoms with E-state index in [4.69, 9.17) is 0 Å². The predicted octanol–water partition coefficient (Wildman–Crippen LogP) is 3.35. The first kappa shape index (κ1) is 15.2. The Morgan fingerprint density at radius 1 is 1.05 bits per heavy atom. The number of benzene rings is 2. The van der Waals surface area contributed by atoms with Crippen molar-refractivity contribution in [1.29, 1.82) is 0 Å². The van der Waals surface area contributed by atoms with E-state index in [0.717, 1.165) is 30.4 Å². The van der Waals surface area contributed by atoms with Gasteiger partial charge in [0.2, 0.25) is 10.0 Å². The first-order valence-corrected chi connectivity index (χ1v) is 8.83. The summed E-state index contributed by atoms with van der Waals surface area (Å²) in [7, 11) is -3.58. The summed E-state index contributed by atoms with van der Waals surface area (Å²) in [6.07, 6.45) is 3.04. The van der Waals surface area contributed by atoms with Crippen molar-refractivity contribution >= 4 is 10.0 Å². The fourth-order valence-corrected chi connectivity index (χ4v) is 4.12. The Morgan fingerprint density at radius 3 is 2.45 bits per heavy atom. The zero-order chi connectivity index (χ0) is 15.7. The van der Waals surface area contributed by atoms with E-state index in [0.29, 0.717) is 4.90 Å². The van der Waals surface area contributed by atoms with E-state index >= 15 is 0 Å². The second-order valence-electron chi connectivity index (χ2n) is 5.68. The van der Waals surface area contributed by atoms with E-state index in [1.165, 1.54) is 17.7 Å². The SMILES string of the molecule is CC(NS(=O)(=O)c1ccc2c(c1)CCC2)c1ccc(F)cc1. The van der Waals surface area contributed by atoms with Crippen LogP contribution in [0.3, 0.4) is 0 Å². The molecule has 0 heterocycles. The van der Waals surface area contributed by atoms with Gasteiger partial charge in [0.1, 0.15) is 5.82 Å². The van der Waals surface area contributed by atoms with Gasteiger partial charge in [0.25, 0.3) is 0 Å². The fraction of sp³-hybridized carbons (Fsp3) is 0.294. The Balaban J connectivity index is 1.82. The number of aryl methyl sites for hydroxylation is 2. The standard InChI is InChI=1S/C17H18FNO2S/c1-12(13-5-8-16(18)9-6-13)19-22(20,21)17-10-7-14-3-2-4-15(14)11-17/h5-12,19H,2-4H2,1H3. The molecule has 1 aliphatic carbocycles. The largest absolute Gasteiger partial charge is 0.241 e. The van der Waals surface area contributed by atoms with Crippen molar-refractivity contribution in [2.75, 3.05) is 0 Å². The van der Waals surface area contributed by atoms with Crippen molar-refractivity contribution in [1.82, 2.24) is 4.72 Å². The molecule has 0 aliphatic heterocycles. The predicted molar refractivity (Wildman–Crippen MR) is 83.6 cm³/mol. The molecule has 116 valence electrons. The molecule has 1 aliphatic rings. The molecule has 0 saturated heterocycles. The zero-order valence-corrected chi connectivity index (χ0v) is 13.2. The second-order valence-corrected chi connectivity index (χ2v) is 7.39. The highest BCUT2D eigenvalue weighted by Crippen LogP contribution is 2.25. The topological polar surface area (TPSA) is 46.2 Å². The minimum Gasteiger partial charge on any atom is -0.207 e. The number of nitrogens with one attached hydrogen (secondary N) is 1. The van der Waals surface area contributed by atoms with Crippen LogP contribution in [0.1, 0.15) is 36.1 Å². The van der Waals surface area contributed by atoms with Crippen LogP contribution in [0.5, 0.6) is 0 Å². The average molecular weight is 319 g/mol. The van der Waals surface area contributed by atoms with Gasteiger partial charge in [-0.1, -0.05) is 18.2 Å². The molecule has 3 nitrogen and oxygen atoms in total. The van der Waals surface area contributed by atoms with Crippen LogP contribution in [0.15, 0.2) is 47.4 Å². The lowest BCUT2D eigenvalue weighted by atomic mass is 10.1. The maximum Gasteiger partial charge on any atom is 0.241 e. The molecule has 2 aromatic rings. The van der Waals surface area contributed by atoms with Crippen LogP contribution in [0.25, 0.3) is 0 Å². The Morgan fingerprint density at radius 2 is 1.73 bits per heavy atom. The van der Waals surface area contributed by atoms with Crippen molar-refractivity contribution < 1.29 is 12.8 Å². The Hall–Kier alpha value is -1.72. The van der Waals surface area contributed by atoms with Gasteiger partial charge in [-0.3, -0.25) is 0 Å². The van der Waals surface area contributed by atoms with E-state index < -0.39 is 16.1 Å². The van der Waals surface area contributed by atoms with Gasteiger partial charge < -0.3 is 0 Å². The summed E-state index contributed by atoms with van der Waals surface area (Å²) in [6, 6.07) is 10.7. The molecule has 3 rings (SSSR count). The number of hydrogen-bond acceptors (Lipinski definition) is 2. The molecule has 5 heteroatoms. The van der Waals surface area contributed by atoms with E-state index in [1.54, 1.807) is 31.2 Å². The molecular weight excluding hydrogens is 301 g/mol. The fourth-order valence-electron chi connectivity index (χ4n) is 2.84. The van der Waals surface area contributed by atoms with Crippen LogP contribution in [-0.2, 0) is 22.9 Å². The summed E-state index contributed by atoms with van der Waals surface area (Å²) in [6.45, 7) is 1.75. The maximum absolute atomic E-state index is 12.9. The summed E-state index contributed by atoms with van der Waals surface area (Å²) in [5.41, 5.74) is 3.09. The highest BCUT2D eigenvalue weighted by molar-refractivity contribution is 7.89. The number of hydrogen-bond donors (Lipinski definition) is 1. The van der Waals surface area contributed by atoms with Crippen molar-refractivity contribution in [3.8, 4) is 0 Å². The van der Waals surface area contributed by atoms with Crippen LogP contribution >= 0.6 is 0 Å². The monoisotopic (exact) mass is 319 g/mol. The number of sulfonamides is 1. The van der Waals surface area contributed by atoms with Gasteiger partial charge in [-0.25, -0.2) is 17.5 Å². The summed E-state index contributed by atoms with van der Waals surface area (Å²) in [5.74, 6) is -0.336. The molecule has 1 unspecified atom stereocenters. The third kappa shape index (κ3) is 3.05. The summed E-state index contributed by atoms with van der Waals surface area (Å²) in [5, 5.41) is 0. The third-order valence-corrected chi connectivity index (χ3v) is 5.62. The Labute approximate surface area is 130 Å². The lowest BCUT2D eigenvalue weighted by Crippen LogP contribution is -2.27. The van der Waals surface area contributed by atoms with E-state index in [-0.39, 0.29) is 5.82 Å². The van der Waals surface area contributed by atoms with Crippen LogP contribution in [0.2, 0.25) is 0 Å². The van der Waals surface area contributed by atoms with Crippen LogP contribution in [0.4, 0.5) is 4.39 Å². The van der Waals surface area contributed by atoms with Gasteiger partial charge in [-0.05, 0) is 67.1 Å². The lowest BCUT2D eigenvalue weighted by molar-refractivity contribution is 0.566. The lowest BCUT2D eigenvalue weighted by Gasteiger charge is -2.15. The maximum atomic E-state index is 12.9. The van der Waals surface area contributed by atoms with Gasteiger partial charge >= 0.3 is 0 Å². The molecule has 1 N–H and O–H groups in total. The van der Waals surface area contributed by atoms with Gasteiger partial charge in [0.15, 0.2) is 0 Å². The quantitative estimate of drug-likeness (QED) is 0.939. The smallest absolute Gasteiger partial charge is 0.207 e. The molecule has 1 atom stereocenters. The third-order valence-electron chi connectivity index (χ3n) is 4.08. The molecule has 22 heavy (non-hydrogen) atoms. The first-order chi connectivity index (χ1) is 10.5. The van der Waals surface area contributed by atoms with Crippen LogP contribution in [0, 0.1) is 5.82 Å². The molecule has 0 fully saturated rings. The molecular formula is C17H18FNO2S. The Bertz CT molecular complexity index is 785. The molecule has 0 bridgehead atoms. The second kappa shape index (κ2) is 5.82. The number of halogens is 1. The van der Waals surface area contributed by atoms with Crippen molar-refractivity contribution in [3.05, 3.63) is 65.0 Å². The van der Waals surface area contributed by atoms with Gasteiger partial charge in [0, 0.05) is 6.04 Å². The van der Waals surface area contributed by atoms with Crippen LogP contribution in [-0.4, -0.2) is 8.42 Å². The van der Waals surface area contributed by atoms with Crippen molar-refractivity contribution in [2.45, 2.75) is 37.1 Å². The van der Waals surface area contributed by atoms with Gasteiger partial charge in [-0.15, -0.1) is 0 Å². The molecule has 0 aromatic heterocycles. The molecule has 0 amide bonds. The minimum absolute atomic E-state index is 0.294. The van der Waals surface area contributed by atoms with Crippen molar-refractivity contribution in [2.24, 2.45) is 0 Å². The van der Waals surface area contributed by atoms with E-state index in [9.17, 15) is 12.8 Å². The Kier molecular flexibility index (Phi) is 4.02. The highest BCUT2D eigenvalue weighted by Gasteiger charge is 2.21. The van der Waals surface area contributed by atoms with Gasteiger partial charge in [0.05, 0.1) is 4.90 Å².